The molecule has 1 fully saturated rings. The maximum atomic E-state index is 12.0. The van der Waals surface area contributed by atoms with Gasteiger partial charge in [-0.25, -0.2) is 4.98 Å². The van der Waals surface area contributed by atoms with Gasteiger partial charge in [-0.1, -0.05) is 0 Å². The predicted octanol–water partition coefficient (Wildman–Crippen LogP) is 0.489. The Kier molecular flexibility index (Phi) is 4.31. The number of aryl methyl sites for hydroxylation is 1. The molecule has 0 spiro atoms. The molecule has 1 atom stereocenters. The summed E-state index contributed by atoms with van der Waals surface area (Å²) in [6.45, 7) is 6.35. The van der Waals surface area contributed by atoms with Crippen LogP contribution in [0.5, 0.6) is 0 Å². The summed E-state index contributed by atoms with van der Waals surface area (Å²) in [6, 6.07) is 0. The Hall–Kier alpha value is -0.980. The third kappa shape index (κ3) is 3.28. The highest BCUT2D eigenvalue weighted by molar-refractivity contribution is 7.09. The number of carbonyl (C=O) groups excluding carboxylic acids is 1. The molecule has 18 heavy (non-hydrogen) atoms. The molecule has 0 aliphatic carbocycles. The van der Waals surface area contributed by atoms with Crippen molar-refractivity contribution in [3.8, 4) is 0 Å². The van der Waals surface area contributed by atoms with Gasteiger partial charge < -0.3 is 15.4 Å². The Bertz CT molecular complexity index is 413. The molecule has 5 nitrogen and oxygen atoms in total. The summed E-state index contributed by atoms with van der Waals surface area (Å²) in [5, 5.41) is 9.16. The Morgan fingerprint density at radius 3 is 3.17 bits per heavy atom. The second kappa shape index (κ2) is 5.77. The van der Waals surface area contributed by atoms with Crippen LogP contribution >= 0.6 is 11.3 Å². The zero-order chi connectivity index (χ0) is 13.0. The predicted molar refractivity (Wildman–Crippen MR) is 70.8 cm³/mol. The lowest BCUT2D eigenvalue weighted by molar-refractivity contribution is -0.147. The molecule has 1 aromatic heterocycles. The molecule has 0 bridgehead atoms. The first-order chi connectivity index (χ1) is 8.60. The molecule has 1 saturated heterocycles. The van der Waals surface area contributed by atoms with Gasteiger partial charge in [0, 0.05) is 37.1 Å². The summed E-state index contributed by atoms with van der Waals surface area (Å²) in [5.74, 6) is -0.0528. The van der Waals surface area contributed by atoms with Crippen LogP contribution in [0.2, 0.25) is 0 Å². The molecular formula is C12H19N3O2S. The smallest absolute Gasteiger partial charge is 0.253 e. The number of nitrogens with zero attached hydrogens (tertiary/aromatic N) is 1. The number of hydrogen-bond donors (Lipinski definition) is 2. The minimum atomic E-state index is -0.739. The average molecular weight is 269 g/mol. The number of amides is 1. The van der Waals surface area contributed by atoms with Crippen molar-refractivity contribution in [3.05, 3.63) is 16.1 Å². The van der Waals surface area contributed by atoms with Crippen LogP contribution in [0, 0.1) is 6.92 Å². The van der Waals surface area contributed by atoms with Gasteiger partial charge in [0.2, 0.25) is 0 Å². The van der Waals surface area contributed by atoms with Gasteiger partial charge in [-0.3, -0.25) is 4.79 Å². The van der Waals surface area contributed by atoms with Crippen molar-refractivity contribution >= 4 is 17.2 Å². The first-order valence-corrected chi connectivity index (χ1v) is 7.02. The number of carbonyl (C=O) groups is 1. The van der Waals surface area contributed by atoms with Crippen LogP contribution in [0.25, 0.3) is 0 Å². The van der Waals surface area contributed by atoms with Gasteiger partial charge in [0.15, 0.2) is 5.60 Å². The Morgan fingerprint density at radius 2 is 2.56 bits per heavy atom. The molecule has 1 unspecified atom stereocenters. The van der Waals surface area contributed by atoms with Crippen LogP contribution < -0.4 is 10.6 Å². The molecule has 1 amide bonds. The van der Waals surface area contributed by atoms with Gasteiger partial charge in [0.25, 0.3) is 5.91 Å². The fourth-order valence-corrected chi connectivity index (χ4v) is 2.64. The molecule has 0 aromatic carbocycles. The number of hydrogen-bond acceptors (Lipinski definition) is 5. The highest BCUT2D eigenvalue weighted by atomic mass is 32.1. The number of ether oxygens (including phenoxy) is 1. The van der Waals surface area contributed by atoms with Gasteiger partial charge >= 0.3 is 0 Å². The van der Waals surface area contributed by atoms with E-state index in [1.807, 2.05) is 19.2 Å². The summed E-state index contributed by atoms with van der Waals surface area (Å²) in [6.07, 6.45) is 0.772. The van der Waals surface area contributed by atoms with Gasteiger partial charge in [-0.2, -0.15) is 0 Å². The van der Waals surface area contributed by atoms with Crippen LogP contribution in [0.1, 0.15) is 17.6 Å². The summed E-state index contributed by atoms with van der Waals surface area (Å²) < 4.78 is 5.55. The molecule has 1 aliphatic heterocycles. The molecule has 2 N–H and O–H groups in total. The van der Waals surface area contributed by atoms with Crippen molar-refractivity contribution in [2.45, 2.75) is 25.9 Å². The number of rotatable bonds is 4. The maximum Gasteiger partial charge on any atom is 0.253 e. The van der Waals surface area contributed by atoms with Crippen molar-refractivity contribution in [2.24, 2.45) is 0 Å². The number of nitrogens with one attached hydrogen (secondary N) is 2. The van der Waals surface area contributed by atoms with E-state index in [9.17, 15) is 4.79 Å². The van der Waals surface area contributed by atoms with E-state index in [-0.39, 0.29) is 5.91 Å². The summed E-state index contributed by atoms with van der Waals surface area (Å²) in [4.78, 5) is 16.4. The van der Waals surface area contributed by atoms with Crippen molar-refractivity contribution in [1.82, 2.24) is 15.6 Å². The van der Waals surface area contributed by atoms with Crippen LogP contribution in [0.4, 0.5) is 0 Å². The Morgan fingerprint density at radius 1 is 1.72 bits per heavy atom. The summed E-state index contributed by atoms with van der Waals surface area (Å²) in [5.41, 5.74) is 0.296. The second-order valence-corrected chi connectivity index (χ2v) is 5.59. The van der Waals surface area contributed by atoms with E-state index < -0.39 is 5.60 Å². The second-order valence-electron chi connectivity index (χ2n) is 4.64. The van der Waals surface area contributed by atoms with Gasteiger partial charge in [-0.05, 0) is 13.8 Å². The zero-order valence-corrected chi connectivity index (χ0v) is 11.6. The monoisotopic (exact) mass is 269 g/mol. The Labute approximate surface area is 111 Å². The van der Waals surface area contributed by atoms with E-state index in [2.05, 4.69) is 15.6 Å². The van der Waals surface area contributed by atoms with Crippen LogP contribution in [-0.2, 0) is 16.0 Å². The third-order valence-electron chi connectivity index (χ3n) is 2.93. The lowest BCUT2D eigenvalue weighted by Gasteiger charge is -2.32. The highest BCUT2D eigenvalue weighted by Crippen LogP contribution is 2.13. The normalized spacial score (nSPS) is 23.9. The molecule has 2 rings (SSSR count). The SMILES string of the molecule is Cc1csc(CCNC(=O)C2(C)CNCCO2)n1. The molecular weight excluding hydrogens is 250 g/mol. The van der Waals surface area contributed by atoms with E-state index in [4.69, 9.17) is 4.74 Å². The average Bonchev–Trinajstić information content (AvgIpc) is 2.76. The molecule has 1 aliphatic rings. The molecule has 0 radical (unpaired) electrons. The summed E-state index contributed by atoms with van der Waals surface area (Å²) in [7, 11) is 0. The molecule has 1 aromatic rings. The third-order valence-corrected chi connectivity index (χ3v) is 3.96. The van der Waals surface area contributed by atoms with E-state index >= 15 is 0 Å². The van der Waals surface area contributed by atoms with E-state index in [1.165, 1.54) is 0 Å². The minimum absolute atomic E-state index is 0.0528. The van der Waals surface area contributed by atoms with Gasteiger partial charge in [0.1, 0.15) is 0 Å². The van der Waals surface area contributed by atoms with Gasteiger partial charge in [-0.15, -0.1) is 11.3 Å². The first-order valence-electron chi connectivity index (χ1n) is 6.14. The highest BCUT2D eigenvalue weighted by Gasteiger charge is 2.35. The largest absolute Gasteiger partial charge is 0.363 e. The molecule has 100 valence electrons. The lowest BCUT2D eigenvalue weighted by atomic mass is 10.0. The number of morpholine rings is 1. The topological polar surface area (TPSA) is 63.2 Å². The standard InChI is InChI=1S/C12H19N3O2S/c1-9-7-18-10(15-9)3-4-14-11(16)12(2)8-13-5-6-17-12/h7,13H,3-6,8H2,1-2H3,(H,14,16). The fourth-order valence-electron chi connectivity index (χ4n) is 1.86. The van der Waals surface area contributed by atoms with Crippen molar-refractivity contribution in [1.29, 1.82) is 0 Å². The summed E-state index contributed by atoms with van der Waals surface area (Å²) >= 11 is 1.63. The van der Waals surface area contributed by atoms with E-state index in [1.54, 1.807) is 11.3 Å². The number of thiazole rings is 1. The quantitative estimate of drug-likeness (QED) is 0.835. The van der Waals surface area contributed by atoms with Crippen LogP contribution in [0.3, 0.4) is 0 Å². The van der Waals surface area contributed by atoms with Crippen LogP contribution in [0.15, 0.2) is 5.38 Å². The molecule has 0 saturated carbocycles. The van der Waals surface area contributed by atoms with Gasteiger partial charge in [0.05, 0.1) is 11.6 Å². The minimum Gasteiger partial charge on any atom is -0.363 e. The van der Waals surface area contributed by atoms with Crippen molar-refractivity contribution in [3.63, 3.8) is 0 Å². The Balaban J connectivity index is 1.77. The lowest BCUT2D eigenvalue weighted by Crippen LogP contribution is -2.57. The maximum absolute atomic E-state index is 12.0. The van der Waals surface area contributed by atoms with E-state index in [0.717, 1.165) is 23.7 Å². The first kappa shape index (κ1) is 13.5. The molecule has 2 heterocycles. The van der Waals surface area contributed by atoms with E-state index in [0.29, 0.717) is 19.7 Å². The van der Waals surface area contributed by atoms with Crippen LogP contribution in [-0.4, -0.2) is 42.7 Å². The van der Waals surface area contributed by atoms with Crippen molar-refractivity contribution < 1.29 is 9.53 Å². The number of aromatic nitrogens is 1. The molecule has 6 heteroatoms. The van der Waals surface area contributed by atoms with Crippen molar-refractivity contribution in [2.75, 3.05) is 26.2 Å². The zero-order valence-electron chi connectivity index (χ0n) is 10.8. The fraction of sp³-hybridized carbons (Fsp3) is 0.667.